The maximum atomic E-state index is 14.1. The Morgan fingerprint density at radius 3 is 2.39 bits per heavy atom. The summed E-state index contributed by atoms with van der Waals surface area (Å²) in [4.78, 5) is 43.1. The summed E-state index contributed by atoms with van der Waals surface area (Å²) in [6.45, 7) is 12.1. The second-order valence-electron chi connectivity index (χ2n) is 11.9. The molecule has 1 saturated carbocycles. The number of carbonyl (C=O) groups is 2. The van der Waals surface area contributed by atoms with Gasteiger partial charge in [0.15, 0.2) is 5.69 Å². The van der Waals surface area contributed by atoms with E-state index >= 15 is 0 Å². The highest BCUT2D eigenvalue weighted by atomic mass is 16.2. The highest BCUT2D eigenvalue weighted by molar-refractivity contribution is 6.03. The number of imidazole rings is 1. The molecule has 2 fully saturated rings. The zero-order valence-corrected chi connectivity index (χ0v) is 23.0. The van der Waals surface area contributed by atoms with E-state index in [0.29, 0.717) is 23.0 Å². The number of aromatic nitrogens is 3. The van der Waals surface area contributed by atoms with Crippen molar-refractivity contribution in [2.45, 2.75) is 59.0 Å². The topological polar surface area (TPSA) is 94.2 Å². The van der Waals surface area contributed by atoms with Crippen molar-refractivity contribution in [1.29, 1.82) is 0 Å². The summed E-state index contributed by atoms with van der Waals surface area (Å²) in [5.74, 6) is 0.957. The molecule has 5 rings (SSSR count). The average Bonchev–Trinajstić information content (AvgIpc) is 3.30. The summed E-state index contributed by atoms with van der Waals surface area (Å²) >= 11 is 0. The average molecular weight is 517 g/mol. The summed E-state index contributed by atoms with van der Waals surface area (Å²) in [5.41, 5.74) is 2.90. The highest BCUT2D eigenvalue weighted by Gasteiger charge is 2.56. The number of carbonyl (C=O) groups excluding carboxylic acids is 2. The Kier molecular flexibility index (Phi) is 7.52. The van der Waals surface area contributed by atoms with Gasteiger partial charge in [0.05, 0.1) is 11.8 Å². The molecule has 1 aliphatic heterocycles. The molecule has 2 aliphatic rings. The van der Waals surface area contributed by atoms with Gasteiger partial charge in [0.2, 0.25) is 5.91 Å². The lowest BCUT2D eigenvalue weighted by atomic mass is 9.91. The first-order chi connectivity index (χ1) is 18.3. The molecule has 1 spiro atoms. The van der Waals surface area contributed by atoms with Gasteiger partial charge in [-0.05, 0) is 48.1 Å². The van der Waals surface area contributed by atoms with Gasteiger partial charge in [-0.25, -0.2) is 9.97 Å². The van der Waals surface area contributed by atoms with Gasteiger partial charge >= 0.3 is 0 Å². The van der Waals surface area contributed by atoms with E-state index in [-0.39, 0.29) is 29.3 Å². The van der Waals surface area contributed by atoms with Crippen molar-refractivity contribution in [2.24, 2.45) is 17.3 Å². The number of piperidine rings is 1. The van der Waals surface area contributed by atoms with Gasteiger partial charge in [0.25, 0.3) is 5.91 Å². The van der Waals surface area contributed by atoms with Crippen LogP contribution in [-0.4, -0.2) is 68.8 Å². The highest BCUT2D eigenvalue weighted by Crippen LogP contribution is 2.54. The molecule has 0 bridgehead atoms. The minimum absolute atomic E-state index is 0.0731. The van der Waals surface area contributed by atoms with Crippen LogP contribution >= 0.6 is 0 Å². The van der Waals surface area contributed by atoms with Gasteiger partial charge in [-0.3, -0.25) is 14.5 Å². The number of nitrogens with zero attached hydrogens (tertiary/aromatic N) is 4. The van der Waals surface area contributed by atoms with Gasteiger partial charge in [-0.1, -0.05) is 58.0 Å². The third-order valence-electron chi connectivity index (χ3n) is 8.03. The largest absolute Gasteiger partial charge is 0.347 e. The fraction of sp³-hybridized carbons (Fsp3) is 0.533. The fourth-order valence-electron chi connectivity index (χ4n) is 6.08. The predicted octanol–water partition coefficient (Wildman–Crippen LogP) is 4.42. The lowest BCUT2D eigenvalue weighted by Crippen LogP contribution is -2.48. The van der Waals surface area contributed by atoms with Gasteiger partial charge in [-0.2, -0.15) is 0 Å². The summed E-state index contributed by atoms with van der Waals surface area (Å²) in [5, 5.41) is 3.20. The Morgan fingerprint density at radius 1 is 1.05 bits per heavy atom. The first kappa shape index (κ1) is 26.4. The molecule has 2 atom stereocenters. The molecule has 2 aromatic heterocycles. The maximum absolute atomic E-state index is 14.1. The van der Waals surface area contributed by atoms with Gasteiger partial charge in [0.1, 0.15) is 11.6 Å². The zero-order chi connectivity index (χ0) is 26.9. The number of rotatable bonds is 9. The minimum Gasteiger partial charge on any atom is -0.347 e. The lowest BCUT2D eigenvalue weighted by Gasteiger charge is -2.39. The summed E-state index contributed by atoms with van der Waals surface area (Å²) < 4.78 is 0. The molecule has 3 heterocycles. The zero-order valence-electron chi connectivity index (χ0n) is 23.0. The van der Waals surface area contributed by atoms with Crippen LogP contribution in [0.1, 0.15) is 69.1 Å². The van der Waals surface area contributed by atoms with Crippen LogP contribution < -0.4 is 5.32 Å². The molecule has 3 aromatic rings. The lowest BCUT2D eigenvalue weighted by molar-refractivity contribution is -0.139. The normalized spacial score (nSPS) is 19.4. The van der Waals surface area contributed by atoms with Crippen LogP contribution in [0.5, 0.6) is 0 Å². The van der Waals surface area contributed by atoms with E-state index in [4.69, 9.17) is 0 Å². The van der Waals surface area contributed by atoms with Crippen LogP contribution in [0.3, 0.4) is 0 Å². The quantitative estimate of drug-likeness (QED) is 0.439. The van der Waals surface area contributed by atoms with E-state index in [1.807, 2.05) is 24.3 Å². The van der Waals surface area contributed by atoms with Crippen LogP contribution in [0.2, 0.25) is 0 Å². The van der Waals surface area contributed by atoms with E-state index in [0.717, 1.165) is 56.5 Å². The number of hydrogen-bond acceptors (Lipinski definition) is 5. The Balaban J connectivity index is 1.25. The molecule has 2 N–H and O–H groups in total. The number of aromatic amines is 1. The maximum Gasteiger partial charge on any atom is 0.272 e. The first-order valence-electron chi connectivity index (χ1n) is 13.9. The Labute approximate surface area is 225 Å². The molecule has 38 heavy (non-hydrogen) atoms. The van der Waals surface area contributed by atoms with Crippen LogP contribution in [0.4, 0.5) is 0 Å². The van der Waals surface area contributed by atoms with Crippen molar-refractivity contribution in [1.82, 2.24) is 30.1 Å². The minimum atomic E-state index is -0.273. The van der Waals surface area contributed by atoms with Crippen LogP contribution in [0.25, 0.3) is 11.0 Å². The number of pyridine rings is 1. The molecule has 1 aliphatic carbocycles. The van der Waals surface area contributed by atoms with Crippen molar-refractivity contribution in [3.63, 3.8) is 0 Å². The Bertz CT molecular complexity index is 1250. The third-order valence-corrected chi connectivity index (χ3v) is 8.03. The van der Waals surface area contributed by atoms with Gasteiger partial charge in [0, 0.05) is 38.4 Å². The van der Waals surface area contributed by atoms with Crippen molar-refractivity contribution < 1.29 is 9.59 Å². The molecule has 8 nitrogen and oxygen atoms in total. The number of H-pyrrole nitrogens is 1. The number of hydrogen-bond donors (Lipinski definition) is 2. The van der Waals surface area contributed by atoms with Gasteiger partial charge in [-0.15, -0.1) is 0 Å². The van der Waals surface area contributed by atoms with E-state index in [2.05, 4.69) is 69.9 Å². The number of benzene rings is 1. The van der Waals surface area contributed by atoms with E-state index < -0.39 is 0 Å². The van der Waals surface area contributed by atoms with Crippen LogP contribution in [-0.2, 0) is 4.79 Å². The Morgan fingerprint density at radius 2 is 1.74 bits per heavy atom. The number of fused-ring (bicyclic) bond motifs is 1. The van der Waals surface area contributed by atoms with Crippen molar-refractivity contribution in [3.8, 4) is 0 Å². The second-order valence-corrected chi connectivity index (χ2v) is 11.9. The molecule has 1 saturated heterocycles. The SMILES string of the molecule is CC(C)CN(CC(C)C)C(C(=O)N1CCC2(CC1)CC2NC(=O)c1nccc2[nH]cnc12)c1ccccc1. The van der Waals surface area contributed by atoms with Crippen LogP contribution in [0.15, 0.2) is 48.9 Å². The van der Waals surface area contributed by atoms with Crippen molar-refractivity contribution in [2.75, 3.05) is 26.2 Å². The molecule has 2 unspecified atom stereocenters. The standard InChI is InChI=1S/C30H40N6O2/c1-20(2)17-36(18-21(3)4)27(22-8-6-5-7-9-22)29(38)35-14-11-30(12-15-35)16-24(30)34-28(37)26-25-23(10-13-31-26)32-19-33-25/h5-10,13,19-21,24,27H,11-12,14-18H2,1-4H3,(H,32,33)(H,34,37). The summed E-state index contributed by atoms with van der Waals surface area (Å²) in [6, 6.07) is 11.9. The fourth-order valence-corrected chi connectivity index (χ4v) is 6.08. The van der Waals surface area contributed by atoms with Gasteiger partial charge < -0.3 is 15.2 Å². The van der Waals surface area contributed by atoms with Crippen LogP contribution in [0, 0.1) is 17.3 Å². The predicted molar refractivity (Wildman–Crippen MR) is 148 cm³/mol. The molecular formula is C30H40N6O2. The summed E-state index contributed by atoms with van der Waals surface area (Å²) in [7, 11) is 0. The Hall–Kier alpha value is -3.26. The second kappa shape index (κ2) is 10.8. The van der Waals surface area contributed by atoms with Crippen molar-refractivity contribution >= 4 is 22.8 Å². The number of amides is 2. The smallest absolute Gasteiger partial charge is 0.272 e. The molecule has 1 aromatic carbocycles. The third kappa shape index (κ3) is 5.46. The van der Waals surface area contributed by atoms with Crippen molar-refractivity contribution in [3.05, 3.63) is 60.2 Å². The van der Waals surface area contributed by atoms with E-state index in [9.17, 15) is 9.59 Å². The molecule has 8 heteroatoms. The molecule has 202 valence electrons. The molecule has 0 radical (unpaired) electrons. The van der Waals surface area contributed by atoms with E-state index in [1.165, 1.54) is 0 Å². The molecular weight excluding hydrogens is 476 g/mol. The monoisotopic (exact) mass is 516 g/mol. The number of likely N-dealkylation sites (tertiary alicyclic amines) is 1. The van der Waals surface area contributed by atoms with E-state index in [1.54, 1.807) is 12.5 Å². The number of nitrogens with one attached hydrogen (secondary N) is 2. The first-order valence-corrected chi connectivity index (χ1v) is 13.9. The molecule has 2 amide bonds. The summed E-state index contributed by atoms with van der Waals surface area (Å²) in [6.07, 6.45) is 5.97.